The molecule has 1 amide bonds. The Morgan fingerprint density at radius 1 is 1.09 bits per heavy atom. The smallest absolute Gasteiger partial charge is 0.221 e. The number of nitrogens with zero attached hydrogens (tertiary/aromatic N) is 1. The van der Waals surface area contributed by atoms with Crippen LogP contribution in [0.15, 0.2) is 54.7 Å². The summed E-state index contributed by atoms with van der Waals surface area (Å²) < 4.78 is 2.33. The van der Waals surface area contributed by atoms with E-state index >= 15 is 0 Å². The molecular weight excluding hydrogens is 418 g/mol. The highest BCUT2D eigenvalue weighted by Gasteiger charge is 2.26. The highest BCUT2D eigenvalue weighted by atomic mass is 35.5. The summed E-state index contributed by atoms with van der Waals surface area (Å²) in [5.41, 5.74) is 10.9. The van der Waals surface area contributed by atoms with E-state index in [0.717, 1.165) is 25.7 Å². The van der Waals surface area contributed by atoms with Crippen LogP contribution < -0.4 is 11.1 Å². The number of nitrogens with one attached hydrogen (secondary N) is 1. The predicted molar refractivity (Wildman–Crippen MR) is 136 cm³/mol. The van der Waals surface area contributed by atoms with Gasteiger partial charge in [-0.2, -0.15) is 0 Å². The molecule has 1 fully saturated rings. The average Bonchev–Trinajstić information content (AvgIpc) is 3.13. The van der Waals surface area contributed by atoms with Crippen LogP contribution in [0.4, 0.5) is 0 Å². The number of hydrogen-bond donors (Lipinski definition) is 2. The molecule has 3 N–H and O–H groups in total. The van der Waals surface area contributed by atoms with Gasteiger partial charge in [0.15, 0.2) is 0 Å². The first-order valence-electron chi connectivity index (χ1n) is 11.6. The van der Waals surface area contributed by atoms with Crippen LogP contribution in [0.1, 0.15) is 74.6 Å². The van der Waals surface area contributed by atoms with Crippen LogP contribution in [-0.4, -0.2) is 22.6 Å². The first-order chi connectivity index (χ1) is 14.9. The molecule has 0 aliphatic heterocycles. The molecule has 1 aromatic heterocycles. The van der Waals surface area contributed by atoms with Gasteiger partial charge in [-0.05, 0) is 63.6 Å². The maximum atomic E-state index is 13.2. The molecule has 1 unspecified atom stereocenters. The third-order valence-corrected chi connectivity index (χ3v) is 6.67. The second-order valence-corrected chi connectivity index (χ2v) is 9.45. The highest BCUT2D eigenvalue weighted by Crippen LogP contribution is 2.36. The molecule has 1 aliphatic carbocycles. The molecule has 0 spiro atoms. The minimum atomic E-state index is 0. The molecule has 3 aromatic rings. The van der Waals surface area contributed by atoms with Crippen LogP contribution in [0.25, 0.3) is 10.9 Å². The molecule has 1 saturated carbocycles. The number of para-hydroxylation sites is 1. The average molecular weight is 454 g/mol. The van der Waals surface area contributed by atoms with Crippen molar-refractivity contribution in [2.24, 2.45) is 5.73 Å². The largest absolute Gasteiger partial charge is 0.353 e. The van der Waals surface area contributed by atoms with E-state index in [0.29, 0.717) is 12.5 Å². The number of carbonyl (C=O) groups is 1. The van der Waals surface area contributed by atoms with E-state index in [1.54, 1.807) is 0 Å². The van der Waals surface area contributed by atoms with E-state index in [2.05, 4.69) is 85.4 Å². The third kappa shape index (κ3) is 5.36. The summed E-state index contributed by atoms with van der Waals surface area (Å²) in [7, 11) is 0. The molecule has 0 bridgehead atoms. The van der Waals surface area contributed by atoms with E-state index in [4.69, 9.17) is 5.73 Å². The minimum absolute atomic E-state index is 0. The second kappa shape index (κ2) is 10.5. The lowest BCUT2D eigenvalue weighted by molar-refractivity contribution is -0.122. The zero-order chi connectivity index (χ0) is 22.0. The molecule has 5 heteroatoms. The van der Waals surface area contributed by atoms with Crippen molar-refractivity contribution in [1.29, 1.82) is 0 Å². The van der Waals surface area contributed by atoms with Crippen molar-refractivity contribution in [3.05, 3.63) is 71.4 Å². The molecule has 1 aliphatic rings. The van der Waals surface area contributed by atoms with E-state index < -0.39 is 0 Å². The monoisotopic (exact) mass is 453 g/mol. The van der Waals surface area contributed by atoms with Crippen molar-refractivity contribution in [3.8, 4) is 0 Å². The topological polar surface area (TPSA) is 60.1 Å². The number of nitrogens with two attached hydrogens (primary N) is 1. The number of rotatable bonds is 6. The van der Waals surface area contributed by atoms with Gasteiger partial charge < -0.3 is 15.6 Å². The Hall–Kier alpha value is -2.30. The SMILES string of the molecule is Cc1cccc(C(CC(=O)NC2CCC(N)CC2)c2cn(C(C)C)c3ccccc23)c1.Cl. The molecule has 172 valence electrons. The summed E-state index contributed by atoms with van der Waals surface area (Å²) in [6.45, 7) is 6.53. The van der Waals surface area contributed by atoms with Gasteiger partial charge in [0.1, 0.15) is 0 Å². The summed E-state index contributed by atoms with van der Waals surface area (Å²) in [4.78, 5) is 13.2. The standard InChI is InChI=1S/C27H35N3O.ClH/c1-18(2)30-17-25(23-9-4-5-10-26(23)30)24(20-8-6-7-19(3)15-20)16-27(31)29-22-13-11-21(28)12-14-22;/h4-10,15,17-18,21-22,24H,11-14,16,28H2,1-3H3,(H,29,31);1H. The van der Waals surface area contributed by atoms with E-state index in [9.17, 15) is 4.79 Å². The van der Waals surface area contributed by atoms with E-state index in [1.165, 1.54) is 27.6 Å². The molecular formula is C27H36ClN3O. The maximum Gasteiger partial charge on any atom is 0.221 e. The van der Waals surface area contributed by atoms with Gasteiger partial charge in [-0.25, -0.2) is 0 Å². The van der Waals surface area contributed by atoms with Crippen molar-refractivity contribution in [2.45, 2.75) is 76.9 Å². The Morgan fingerprint density at radius 3 is 2.50 bits per heavy atom. The Balaban J connectivity index is 0.00000289. The first kappa shape index (κ1) is 24.3. The highest BCUT2D eigenvalue weighted by molar-refractivity contribution is 5.87. The van der Waals surface area contributed by atoms with E-state index in [1.807, 2.05) is 0 Å². The Kier molecular flexibility index (Phi) is 8.02. The number of fused-ring (bicyclic) bond motifs is 1. The number of amides is 1. The second-order valence-electron chi connectivity index (χ2n) is 9.45. The number of aromatic nitrogens is 1. The van der Waals surface area contributed by atoms with Crippen molar-refractivity contribution in [1.82, 2.24) is 9.88 Å². The fourth-order valence-electron chi connectivity index (χ4n) is 4.97. The normalized spacial score (nSPS) is 19.5. The molecule has 0 saturated heterocycles. The Labute approximate surface area is 198 Å². The molecule has 2 aromatic carbocycles. The summed E-state index contributed by atoms with van der Waals surface area (Å²) >= 11 is 0. The Morgan fingerprint density at radius 2 is 1.81 bits per heavy atom. The van der Waals surface area contributed by atoms with Gasteiger partial charge in [0.2, 0.25) is 5.91 Å². The third-order valence-electron chi connectivity index (χ3n) is 6.67. The predicted octanol–water partition coefficient (Wildman–Crippen LogP) is 5.86. The summed E-state index contributed by atoms with van der Waals surface area (Å²) in [6, 6.07) is 18.0. The van der Waals surface area contributed by atoms with Gasteiger partial charge in [0, 0.05) is 47.6 Å². The van der Waals surface area contributed by atoms with Gasteiger partial charge in [-0.15, -0.1) is 12.4 Å². The lowest BCUT2D eigenvalue weighted by Gasteiger charge is -2.27. The lowest BCUT2D eigenvalue weighted by Crippen LogP contribution is -2.40. The molecule has 1 heterocycles. The Bertz CT molecular complexity index is 1050. The van der Waals surface area contributed by atoms with Gasteiger partial charge in [-0.1, -0.05) is 48.0 Å². The van der Waals surface area contributed by atoms with Crippen LogP contribution in [0.5, 0.6) is 0 Å². The summed E-state index contributed by atoms with van der Waals surface area (Å²) in [5.74, 6) is 0.156. The van der Waals surface area contributed by atoms with Crippen molar-refractivity contribution >= 4 is 29.2 Å². The number of carbonyl (C=O) groups excluding carboxylic acids is 1. The van der Waals surface area contributed by atoms with Crippen molar-refractivity contribution in [3.63, 3.8) is 0 Å². The van der Waals surface area contributed by atoms with Crippen LogP contribution in [0, 0.1) is 6.92 Å². The molecule has 32 heavy (non-hydrogen) atoms. The van der Waals surface area contributed by atoms with Crippen LogP contribution in [0.2, 0.25) is 0 Å². The first-order valence-corrected chi connectivity index (χ1v) is 11.6. The van der Waals surface area contributed by atoms with Gasteiger partial charge in [-0.3, -0.25) is 4.79 Å². The quantitative estimate of drug-likeness (QED) is 0.491. The molecule has 4 nitrogen and oxygen atoms in total. The minimum Gasteiger partial charge on any atom is -0.353 e. The number of halogens is 1. The summed E-state index contributed by atoms with van der Waals surface area (Å²) in [6.07, 6.45) is 6.67. The fourth-order valence-corrected chi connectivity index (χ4v) is 4.97. The van der Waals surface area contributed by atoms with Crippen LogP contribution in [0.3, 0.4) is 0 Å². The van der Waals surface area contributed by atoms with Crippen LogP contribution in [-0.2, 0) is 4.79 Å². The summed E-state index contributed by atoms with van der Waals surface area (Å²) in [5, 5.41) is 4.54. The number of aryl methyl sites for hydroxylation is 1. The lowest BCUT2D eigenvalue weighted by atomic mass is 9.86. The van der Waals surface area contributed by atoms with Crippen molar-refractivity contribution < 1.29 is 4.79 Å². The van der Waals surface area contributed by atoms with Crippen LogP contribution >= 0.6 is 12.4 Å². The number of hydrogen-bond acceptors (Lipinski definition) is 2. The fraction of sp³-hybridized carbons (Fsp3) is 0.444. The molecule has 1 atom stereocenters. The number of benzene rings is 2. The molecule has 4 rings (SSSR count). The zero-order valence-corrected chi connectivity index (χ0v) is 20.2. The van der Waals surface area contributed by atoms with Gasteiger partial charge in [0.05, 0.1) is 0 Å². The molecule has 0 radical (unpaired) electrons. The zero-order valence-electron chi connectivity index (χ0n) is 19.4. The van der Waals surface area contributed by atoms with Crippen molar-refractivity contribution in [2.75, 3.05) is 0 Å². The van der Waals surface area contributed by atoms with Gasteiger partial charge >= 0.3 is 0 Å². The van der Waals surface area contributed by atoms with Gasteiger partial charge in [0.25, 0.3) is 0 Å². The maximum absolute atomic E-state index is 13.2. The van der Waals surface area contributed by atoms with E-state index in [-0.39, 0.29) is 36.3 Å².